The Morgan fingerprint density at radius 1 is 0.294 bits per heavy atom. The molecule has 12 aromatic rings. The van der Waals surface area contributed by atoms with Gasteiger partial charge >= 0.3 is 0 Å². The number of hydrogen-bond donors (Lipinski definition) is 6. The van der Waals surface area contributed by atoms with Crippen molar-refractivity contribution in [2.24, 2.45) is 16.2 Å². The van der Waals surface area contributed by atoms with Crippen molar-refractivity contribution in [2.45, 2.75) is 181 Å². The van der Waals surface area contributed by atoms with Crippen molar-refractivity contribution in [1.82, 2.24) is 15.0 Å². The summed E-state index contributed by atoms with van der Waals surface area (Å²) in [5.74, 6) is 0. The molecule has 0 aliphatic rings. The van der Waals surface area contributed by atoms with E-state index in [0.717, 1.165) is 33.8 Å². The number of fused-ring (bicyclic) bond motifs is 1. The maximum absolute atomic E-state index is 9.76. The third-order valence-corrected chi connectivity index (χ3v) is 18.6. The van der Waals surface area contributed by atoms with Crippen molar-refractivity contribution in [3.05, 3.63) is 295 Å². The number of aryl methyl sites for hydroxylation is 6. The molecule has 9 nitrogen and oxygen atoms in total. The summed E-state index contributed by atoms with van der Waals surface area (Å²) < 4.78 is 0. The molecule has 0 saturated carbocycles. The number of aliphatic hydroxyl groups excluding tert-OH is 6. The Kier molecular flexibility index (Phi) is 38.2. The van der Waals surface area contributed by atoms with Crippen LogP contribution in [0.3, 0.4) is 0 Å². The predicted molar refractivity (Wildman–Crippen MR) is 444 cm³/mol. The summed E-state index contributed by atoms with van der Waals surface area (Å²) in [7, 11) is 0. The maximum atomic E-state index is 9.76. The molecule has 6 N–H and O–H groups in total. The summed E-state index contributed by atoms with van der Waals surface area (Å²) in [5.41, 5.74) is 25.4. The van der Waals surface area contributed by atoms with Crippen molar-refractivity contribution in [1.29, 1.82) is 0 Å². The summed E-state index contributed by atoms with van der Waals surface area (Å²) in [6.45, 7) is 35.7. The number of aliphatic hydroxyl groups is 6. The third kappa shape index (κ3) is 29.2. The van der Waals surface area contributed by atoms with Crippen LogP contribution in [0.1, 0.15) is 136 Å². The van der Waals surface area contributed by atoms with Gasteiger partial charge in [-0.05, 0) is 199 Å². The SMILES string of the molecule is CC(C)(C)C(O)CC(O)C(C)(C)C.CC(O)CC(C)O.CC(O)CC(O)C(C)(C)C.Cc1cccc(C)c1-c1ccnc(-c2[c-]cc(-c3ccccc3)cc2)c1.Cc1cccc(C)c1-c1ccnc(-c2[c-]cc3ccccc3c2)c1.Cc1cccc(C)c1-c1ccnc(-c2[c-]ccc(-c3ccccc3)c2)c1.[Ir].[Ir].[Ir]. The molecule has 9 aromatic carbocycles. The van der Waals surface area contributed by atoms with E-state index in [-0.39, 0.29) is 88.8 Å². The molecule has 3 radical (unpaired) electrons. The van der Waals surface area contributed by atoms with Crippen LogP contribution in [0.25, 0.3) is 100 Å². The van der Waals surface area contributed by atoms with Crippen LogP contribution in [-0.2, 0) is 60.3 Å². The minimum atomic E-state index is -0.443. The van der Waals surface area contributed by atoms with Crippen LogP contribution in [0, 0.1) is 76.0 Å². The quantitative estimate of drug-likeness (QED) is 0.0583. The van der Waals surface area contributed by atoms with Gasteiger partial charge in [0.25, 0.3) is 0 Å². The molecule has 6 atom stereocenters. The zero-order valence-corrected chi connectivity index (χ0v) is 73.9. The van der Waals surface area contributed by atoms with E-state index in [0.29, 0.717) is 19.3 Å². The zero-order chi connectivity index (χ0) is 77.5. The second-order valence-electron chi connectivity index (χ2n) is 31.2. The Morgan fingerprint density at radius 2 is 0.633 bits per heavy atom. The van der Waals surface area contributed by atoms with Crippen LogP contribution in [0.5, 0.6) is 0 Å². The standard InChI is InChI=1S/2C25H20N.C23H18N.C11H24O2.C8H18O2.C5H12O2.3Ir/c1-18-8-6-9-19(2)25(18)23-14-15-26-24(17-23)22-13-7-12-21(16-22)20-10-4-3-5-11-20;1-18-7-6-8-19(2)25(18)23-15-16-26-24(17-23)22-13-11-21(12-14-22)20-9-4-3-5-10-20;1-16-6-5-7-17(2)23(16)21-12-13-24-22(15-21)20-11-10-18-8-3-4-9-19(18)14-20;1-10(2,3)8(12)7-9(13)11(4,5)6;1-6(9)5-7(10)8(2,3)4;1-4(6)3-5(2)7;;;/h3-12,14-17H,1-2H3;3-13,15-17H,1-2H3;3-10,12-15H,1-2H3;8-9,12-13H,7H2,1-6H3;6-7,9-10H,5H2,1-4H3;4-7H,3H2,1-2H3;;;/q3*-1;;;;;;. The smallest absolute Gasteiger partial charge is 0.0613 e. The second-order valence-corrected chi connectivity index (χ2v) is 31.2. The fraction of sp³-hybridized carbons (Fsp3) is 0.309. The molecule has 0 saturated heterocycles. The first-order valence-corrected chi connectivity index (χ1v) is 36.9. The fourth-order valence-corrected chi connectivity index (χ4v) is 12.2. The summed E-state index contributed by atoms with van der Waals surface area (Å²) in [6, 6.07) is 87.9. The van der Waals surface area contributed by atoms with E-state index in [9.17, 15) is 15.3 Å². The van der Waals surface area contributed by atoms with Crippen LogP contribution in [-0.4, -0.2) is 82.2 Å². The molecule has 12 heteroatoms. The third-order valence-electron chi connectivity index (χ3n) is 18.6. The minimum Gasteiger partial charge on any atom is -0.393 e. The van der Waals surface area contributed by atoms with Gasteiger partial charge in [0.1, 0.15) is 0 Å². The van der Waals surface area contributed by atoms with E-state index < -0.39 is 24.4 Å². The van der Waals surface area contributed by atoms with Crippen molar-refractivity contribution < 1.29 is 91.0 Å². The van der Waals surface area contributed by atoms with Crippen LogP contribution in [0.4, 0.5) is 0 Å². The van der Waals surface area contributed by atoms with Gasteiger partial charge in [-0.15, -0.1) is 94.4 Å². The molecule has 0 amide bonds. The molecule has 0 aliphatic carbocycles. The Bertz CT molecular complexity index is 4610. The average Bonchev–Trinajstić information content (AvgIpc) is 0.810. The van der Waals surface area contributed by atoms with E-state index >= 15 is 0 Å². The number of pyridine rings is 3. The van der Waals surface area contributed by atoms with E-state index in [2.05, 4.69) is 269 Å². The largest absolute Gasteiger partial charge is 0.393 e. The first-order valence-electron chi connectivity index (χ1n) is 36.9. The Balaban J connectivity index is 0.000000289. The average molecular weight is 1990 g/mol. The Labute approximate surface area is 692 Å². The van der Waals surface area contributed by atoms with Gasteiger partial charge < -0.3 is 45.6 Å². The summed E-state index contributed by atoms with van der Waals surface area (Å²) in [4.78, 5) is 13.7. The molecule has 6 unspecified atom stereocenters. The monoisotopic (exact) mass is 1990 g/mol. The summed E-state index contributed by atoms with van der Waals surface area (Å²) in [5, 5.41) is 57.4. The van der Waals surface area contributed by atoms with Crippen molar-refractivity contribution in [3.63, 3.8) is 0 Å². The van der Waals surface area contributed by atoms with E-state index in [1.807, 2.05) is 111 Å². The fourth-order valence-electron chi connectivity index (χ4n) is 12.2. The van der Waals surface area contributed by atoms with Crippen molar-refractivity contribution in [2.75, 3.05) is 0 Å². The summed E-state index contributed by atoms with van der Waals surface area (Å²) in [6.07, 6.45) is 4.59. The predicted octanol–water partition coefficient (Wildman–Crippen LogP) is 22.5. The van der Waals surface area contributed by atoms with Crippen LogP contribution in [0.15, 0.2) is 243 Å². The van der Waals surface area contributed by atoms with Gasteiger partial charge in [0.05, 0.1) is 36.6 Å². The molecule has 3 aromatic heterocycles. The van der Waals surface area contributed by atoms with E-state index in [1.165, 1.54) is 99.8 Å². The number of hydrogen-bond acceptors (Lipinski definition) is 9. The molecule has 0 aliphatic heterocycles. The molecule has 12 rings (SSSR count). The van der Waals surface area contributed by atoms with Crippen LogP contribution in [0.2, 0.25) is 0 Å². The Hall–Kier alpha value is -7.60. The van der Waals surface area contributed by atoms with Gasteiger partial charge in [-0.2, -0.15) is 0 Å². The Morgan fingerprint density at radius 3 is 0.982 bits per heavy atom. The van der Waals surface area contributed by atoms with Crippen molar-refractivity contribution in [3.8, 4) is 89.4 Å². The topological polar surface area (TPSA) is 160 Å². The molecular weight excluding hydrogens is 1880 g/mol. The first-order chi connectivity index (χ1) is 50.2. The van der Waals surface area contributed by atoms with Gasteiger partial charge in [0.15, 0.2) is 0 Å². The molecule has 0 spiro atoms. The molecule has 581 valence electrons. The molecule has 3 heterocycles. The number of rotatable bonds is 14. The number of nitrogens with zero attached hydrogens (tertiary/aromatic N) is 3. The number of benzene rings is 9. The zero-order valence-electron chi connectivity index (χ0n) is 66.7. The van der Waals surface area contributed by atoms with E-state index in [1.54, 1.807) is 20.8 Å². The van der Waals surface area contributed by atoms with Gasteiger partial charge in [-0.25, -0.2) is 0 Å². The van der Waals surface area contributed by atoms with Gasteiger partial charge in [-0.1, -0.05) is 237 Å². The normalized spacial score (nSPS) is 12.6. The minimum absolute atomic E-state index is 0. The molecule has 0 bridgehead atoms. The number of aromatic nitrogens is 3. The first kappa shape index (κ1) is 93.8. The summed E-state index contributed by atoms with van der Waals surface area (Å²) >= 11 is 0. The maximum Gasteiger partial charge on any atom is 0.0613 e. The van der Waals surface area contributed by atoms with Crippen LogP contribution < -0.4 is 0 Å². The molecule has 109 heavy (non-hydrogen) atoms. The van der Waals surface area contributed by atoms with E-state index in [4.69, 9.17) is 15.3 Å². The van der Waals surface area contributed by atoms with Gasteiger partial charge in [0.2, 0.25) is 0 Å². The van der Waals surface area contributed by atoms with Gasteiger partial charge in [-0.3, -0.25) is 0 Å². The molecular formula is C97H112Ir3N3O6-3. The molecule has 0 fully saturated rings. The van der Waals surface area contributed by atoms with Gasteiger partial charge in [0, 0.05) is 85.3 Å². The van der Waals surface area contributed by atoms with Crippen molar-refractivity contribution >= 4 is 10.8 Å². The van der Waals surface area contributed by atoms with Crippen LogP contribution >= 0.6 is 0 Å². The second kappa shape index (κ2) is 44.4.